The maximum absolute atomic E-state index is 11.7. The summed E-state index contributed by atoms with van der Waals surface area (Å²) < 4.78 is 56.9. The molecule has 1 atom stereocenters. The van der Waals surface area contributed by atoms with Gasteiger partial charge in [-0.3, -0.25) is 0 Å². The van der Waals surface area contributed by atoms with Crippen LogP contribution < -0.4 is 0 Å². The highest BCUT2D eigenvalue weighted by Crippen LogP contribution is 2.37. The lowest BCUT2D eigenvalue weighted by atomic mass is 10.2. The molecule has 0 spiro atoms. The van der Waals surface area contributed by atoms with E-state index in [0.717, 1.165) is 0 Å². The van der Waals surface area contributed by atoms with E-state index in [2.05, 4.69) is 0 Å². The van der Waals surface area contributed by atoms with Crippen molar-refractivity contribution in [1.82, 2.24) is 0 Å². The van der Waals surface area contributed by atoms with Crippen LogP contribution in [0.25, 0.3) is 0 Å². The van der Waals surface area contributed by atoms with Crippen molar-refractivity contribution in [3.63, 3.8) is 0 Å². The molecule has 0 saturated carbocycles. The number of aliphatic hydroxyl groups is 1. The van der Waals surface area contributed by atoms with Crippen LogP contribution in [-0.2, 0) is 0 Å². The highest BCUT2D eigenvalue weighted by atomic mass is 19.4. The van der Waals surface area contributed by atoms with Gasteiger partial charge in [-0.1, -0.05) is 0 Å². The molecule has 62 valence electrons. The second kappa shape index (κ2) is 2.34. The van der Waals surface area contributed by atoms with Gasteiger partial charge in [-0.2, -0.15) is 22.0 Å². The molecule has 1 N–H and O–H groups in total. The Bertz CT molecular complexity index is 115. The first kappa shape index (κ1) is 9.61. The predicted octanol–water partition coefficient (Wildman–Crippen LogP) is 1.56. The smallest absolute Gasteiger partial charge is 0.387 e. The van der Waals surface area contributed by atoms with Crippen molar-refractivity contribution in [2.45, 2.75) is 25.1 Å². The van der Waals surface area contributed by atoms with Crippen LogP contribution in [0.5, 0.6) is 0 Å². The van der Waals surface area contributed by atoms with Crippen molar-refractivity contribution in [2.75, 3.05) is 0 Å². The maximum Gasteiger partial charge on any atom is 0.456 e. The molecule has 0 heterocycles. The first-order valence-corrected chi connectivity index (χ1v) is 2.32. The van der Waals surface area contributed by atoms with Crippen molar-refractivity contribution in [3.8, 4) is 0 Å². The Labute approximate surface area is 53.5 Å². The molecular formula is C4H5F5O. The molecule has 0 amide bonds. The van der Waals surface area contributed by atoms with E-state index < -0.39 is 18.2 Å². The zero-order valence-electron chi connectivity index (χ0n) is 4.91. The van der Waals surface area contributed by atoms with Crippen LogP contribution in [0.2, 0.25) is 0 Å². The number of hydrogen-bond acceptors (Lipinski definition) is 1. The van der Waals surface area contributed by atoms with Gasteiger partial charge >= 0.3 is 12.1 Å². The first-order chi connectivity index (χ1) is 4.19. The number of hydrogen-bond donors (Lipinski definition) is 1. The quantitative estimate of drug-likeness (QED) is 0.583. The van der Waals surface area contributed by atoms with E-state index in [-0.39, 0.29) is 0 Å². The third kappa shape index (κ3) is 1.56. The molecule has 0 aromatic rings. The van der Waals surface area contributed by atoms with Crippen LogP contribution in [0.4, 0.5) is 22.0 Å². The lowest BCUT2D eigenvalue weighted by molar-refractivity contribution is -0.310. The molecule has 1 unspecified atom stereocenters. The summed E-state index contributed by atoms with van der Waals surface area (Å²) in [7, 11) is 0. The SMILES string of the molecule is CC(O)C(F)(F)C(F)(F)F. The van der Waals surface area contributed by atoms with Crippen molar-refractivity contribution in [2.24, 2.45) is 0 Å². The van der Waals surface area contributed by atoms with Gasteiger partial charge in [0.05, 0.1) is 0 Å². The lowest BCUT2D eigenvalue weighted by Crippen LogP contribution is -2.45. The Morgan fingerprint density at radius 2 is 1.40 bits per heavy atom. The minimum Gasteiger partial charge on any atom is -0.387 e. The Hall–Kier alpha value is -0.390. The van der Waals surface area contributed by atoms with E-state index in [0.29, 0.717) is 6.92 Å². The molecule has 0 fully saturated rings. The van der Waals surface area contributed by atoms with Crippen LogP contribution in [0.1, 0.15) is 6.92 Å². The number of halogens is 5. The second-order valence-electron chi connectivity index (χ2n) is 1.80. The topological polar surface area (TPSA) is 20.2 Å². The molecule has 0 bridgehead atoms. The fourth-order valence-electron chi connectivity index (χ4n) is 0.237. The monoisotopic (exact) mass is 164 g/mol. The van der Waals surface area contributed by atoms with Crippen molar-refractivity contribution in [3.05, 3.63) is 0 Å². The van der Waals surface area contributed by atoms with E-state index in [9.17, 15) is 22.0 Å². The predicted molar refractivity (Wildman–Crippen MR) is 22.7 cm³/mol. The lowest BCUT2D eigenvalue weighted by Gasteiger charge is -2.21. The molecular weight excluding hydrogens is 159 g/mol. The van der Waals surface area contributed by atoms with Gasteiger partial charge in [-0.25, -0.2) is 0 Å². The molecule has 1 nitrogen and oxygen atoms in total. The van der Waals surface area contributed by atoms with Gasteiger partial charge in [0.1, 0.15) is 6.10 Å². The van der Waals surface area contributed by atoms with Gasteiger partial charge in [0, 0.05) is 0 Å². The number of alkyl halides is 5. The molecule has 6 heteroatoms. The van der Waals surface area contributed by atoms with Crippen LogP contribution in [0.15, 0.2) is 0 Å². The molecule has 0 radical (unpaired) electrons. The summed E-state index contributed by atoms with van der Waals surface area (Å²) >= 11 is 0. The van der Waals surface area contributed by atoms with Crippen LogP contribution in [-0.4, -0.2) is 23.3 Å². The summed E-state index contributed by atoms with van der Waals surface area (Å²) in [6.07, 6.45) is -8.37. The molecule has 0 aliphatic rings. The molecule has 10 heavy (non-hydrogen) atoms. The normalized spacial score (nSPS) is 17.1. The summed E-state index contributed by atoms with van der Waals surface area (Å²) in [6, 6.07) is 0. The highest BCUT2D eigenvalue weighted by molar-refractivity contribution is 4.80. The standard InChI is InChI=1S/C4H5F5O/c1-2(10)3(5,6)4(7,8)9/h2,10H,1H3. The fourth-order valence-corrected chi connectivity index (χ4v) is 0.237. The van der Waals surface area contributed by atoms with Gasteiger partial charge in [-0.15, -0.1) is 0 Å². The Morgan fingerprint density at radius 3 is 1.40 bits per heavy atom. The van der Waals surface area contributed by atoms with E-state index in [4.69, 9.17) is 5.11 Å². The maximum atomic E-state index is 11.7. The molecule has 0 aromatic carbocycles. The van der Waals surface area contributed by atoms with Gasteiger partial charge < -0.3 is 5.11 Å². The summed E-state index contributed by atoms with van der Waals surface area (Å²) in [5, 5.41) is 7.95. The first-order valence-electron chi connectivity index (χ1n) is 2.32. The van der Waals surface area contributed by atoms with Crippen LogP contribution in [0.3, 0.4) is 0 Å². The van der Waals surface area contributed by atoms with Gasteiger partial charge in [0.25, 0.3) is 0 Å². The summed E-state index contributed by atoms with van der Waals surface area (Å²) in [5.41, 5.74) is 0. The number of rotatable bonds is 1. The van der Waals surface area contributed by atoms with Gasteiger partial charge in [0.15, 0.2) is 0 Å². The van der Waals surface area contributed by atoms with Gasteiger partial charge in [-0.05, 0) is 6.92 Å². The van der Waals surface area contributed by atoms with E-state index in [1.807, 2.05) is 0 Å². The van der Waals surface area contributed by atoms with Crippen molar-refractivity contribution < 1.29 is 27.1 Å². The summed E-state index contributed by atoms with van der Waals surface area (Å²) in [5.74, 6) is -5.01. The third-order valence-corrected chi connectivity index (χ3v) is 0.903. The second-order valence-corrected chi connectivity index (χ2v) is 1.80. The fraction of sp³-hybridized carbons (Fsp3) is 1.00. The minimum absolute atomic E-state index is 0.382. The molecule has 0 saturated heterocycles. The van der Waals surface area contributed by atoms with E-state index in [1.165, 1.54) is 0 Å². The largest absolute Gasteiger partial charge is 0.456 e. The number of aliphatic hydroxyl groups excluding tert-OH is 1. The van der Waals surface area contributed by atoms with E-state index >= 15 is 0 Å². The Kier molecular flexibility index (Phi) is 2.24. The third-order valence-electron chi connectivity index (χ3n) is 0.903. The minimum atomic E-state index is -5.67. The molecule has 0 aromatic heterocycles. The highest BCUT2D eigenvalue weighted by Gasteiger charge is 2.60. The average molecular weight is 164 g/mol. The van der Waals surface area contributed by atoms with Crippen LogP contribution >= 0.6 is 0 Å². The average Bonchev–Trinajstić information content (AvgIpc) is 1.62. The molecule has 0 rings (SSSR count). The van der Waals surface area contributed by atoms with E-state index in [1.54, 1.807) is 0 Å². The van der Waals surface area contributed by atoms with Crippen LogP contribution in [0, 0.1) is 0 Å². The molecule has 0 aliphatic carbocycles. The summed E-state index contributed by atoms with van der Waals surface area (Å²) in [6.45, 7) is 0.382. The summed E-state index contributed by atoms with van der Waals surface area (Å²) in [4.78, 5) is 0. The molecule has 0 aliphatic heterocycles. The van der Waals surface area contributed by atoms with Crippen molar-refractivity contribution in [1.29, 1.82) is 0 Å². The van der Waals surface area contributed by atoms with Gasteiger partial charge in [0.2, 0.25) is 0 Å². The van der Waals surface area contributed by atoms with Crippen molar-refractivity contribution >= 4 is 0 Å². The Morgan fingerprint density at radius 1 is 1.10 bits per heavy atom. The Balaban J connectivity index is 4.40. The zero-order chi connectivity index (χ0) is 8.58. The zero-order valence-corrected chi connectivity index (χ0v) is 4.91.